The number of carbonyl (C=O) groups excluding carboxylic acids is 1. The van der Waals surface area contributed by atoms with Crippen molar-refractivity contribution in [2.24, 2.45) is 5.73 Å². The SMILES string of the molecule is COc1ccc(OC)c(C2C(C#N)=C(N)N(c3ccc(F)c([N+](=O)[O-])c3)C3=C2C(=O)CCC3)c1. The zero-order valence-corrected chi connectivity index (χ0v) is 18.5. The van der Waals surface area contributed by atoms with Crippen molar-refractivity contribution in [1.29, 1.82) is 5.26 Å². The highest BCUT2D eigenvalue weighted by Gasteiger charge is 2.41. The predicted molar refractivity (Wildman–Crippen MR) is 121 cm³/mol. The van der Waals surface area contributed by atoms with Crippen molar-refractivity contribution >= 4 is 17.2 Å². The molecule has 0 fully saturated rings. The van der Waals surface area contributed by atoms with Crippen LogP contribution in [0.15, 0.2) is 59.1 Å². The molecule has 0 saturated heterocycles. The van der Waals surface area contributed by atoms with E-state index >= 15 is 0 Å². The Hall–Kier alpha value is -4.39. The number of nitro groups is 1. The summed E-state index contributed by atoms with van der Waals surface area (Å²) in [5, 5.41) is 21.4. The molecule has 1 aliphatic heterocycles. The number of hydrogen-bond acceptors (Lipinski definition) is 8. The van der Waals surface area contributed by atoms with Gasteiger partial charge >= 0.3 is 5.69 Å². The van der Waals surface area contributed by atoms with E-state index in [4.69, 9.17) is 15.2 Å². The number of anilines is 1. The molecule has 0 amide bonds. The van der Waals surface area contributed by atoms with Crippen molar-refractivity contribution in [3.63, 3.8) is 0 Å². The third-order valence-electron chi connectivity index (χ3n) is 6.05. The molecule has 174 valence electrons. The lowest BCUT2D eigenvalue weighted by molar-refractivity contribution is -0.387. The number of allylic oxidation sites excluding steroid dienone is 3. The molecule has 0 saturated carbocycles. The van der Waals surface area contributed by atoms with Crippen LogP contribution in [0.25, 0.3) is 0 Å². The maximum absolute atomic E-state index is 14.0. The quantitative estimate of drug-likeness (QED) is 0.518. The van der Waals surface area contributed by atoms with Crippen LogP contribution in [-0.4, -0.2) is 24.9 Å². The Morgan fingerprint density at radius 1 is 1.21 bits per heavy atom. The molecule has 0 bridgehead atoms. The molecule has 1 aliphatic carbocycles. The van der Waals surface area contributed by atoms with E-state index in [0.717, 1.165) is 12.1 Å². The molecular formula is C24H21FN4O5. The first-order chi connectivity index (χ1) is 16.3. The van der Waals surface area contributed by atoms with Crippen LogP contribution in [0, 0.1) is 27.3 Å². The molecule has 2 aromatic rings. The monoisotopic (exact) mass is 464 g/mol. The van der Waals surface area contributed by atoms with Gasteiger partial charge in [0.15, 0.2) is 5.78 Å². The Morgan fingerprint density at radius 2 is 1.97 bits per heavy atom. The summed E-state index contributed by atoms with van der Waals surface area (Å²) in [6.07, 6.45) is 1.25. The van der Waals surface area contributed by atoms with E-state index in [1.54, 1.807) is 18.2 Å². The summed E-state index contributed by atoms with van der Waals surface area (Å²) in [6.45, 7) is 0. The van der Waals surface area contributed by atoms with E-state index in [-0.39, 0.29) is 29.3 Å². The summed E-state index contributed by atoms with van der Waals surface area (Å²) < 4.78 is 24.9. The zero-order valence-electron chi connectivity index (χ0n) is 18.5. The Balaban J connectivity index is 2.00. The summed E-state index contributed by atoms with van der Waals surface area (Å²) in [7, 11) is 2.98. The average Bonchev–Trinajstić information content (AvgIpc) is 2.83. The molecule has 2 aliphatic rings. The van der Waals surface area contributed by atoms with Crippen LogP contribution in [0.4, 0.5) is 15.8 Å². The number of rotatable bonds is 5. The minimum Gasteiger partial charge on any atom is -0.497 e. The second-order valence-electron chi connectivity index (χ2n) is 7.82. The van der Waals surface area contributed by atoms with Gasteiger partial charge in [0.05, 0.1) is 42.4 Å². The summed E-state index contributed by atoms with van der Waals surface area (Å²) >= 11 is 0. The average molecular weight is 464 g/mol. The molecule has 2 N–H and O–H groups in total. The number of nitro benzene ring substituents is 1. The number of halogens is 1. The third-order valence-corrected chi connectivity index (χ3v) is 6.05. The fourth-order valence-corrected chi connectivity index (χ4v) is 4.54. The number of ketones is 1. The fourth-order valence-electron chi connectivity index (χ4n) is 4.54. The molecular weight excluding hydrogens is 443 g/mol. The van der Waals surface area contributed by atoms with Crippen molar-refractivity contribution in [3.05, 3.63) is 80.6 Å². The molecule has 0 aromatic heterocycles. The largest absolute Gasteiger partial charge is 0.497 e. The standard InChI is InChI=1S/C24H21FN4O5/c1-33-14-7-9-21(34-2)15(11-14)22-16(12-26)24(27)28(18-4-3-5-20(30)23(18)22)13-6-8-17(25)19(10-13)29(31)32/h6-11,22H,3-5,27H2,1-2H3. The minimum absolute atomic E-state index is 0.00623. The predicted octanol–water partition coefficient (Wildman–Crippen LogP) is 4.06. The number of hydrogen-bond donors (Lipinski definition) is 1. The highest BCUT2D eigenvalue weighted by molar-refractivity contribution is 6.01. The Bertz CT molecular complexity index is 1310. The van der Waals surface area contributed by atoms with E-state index in [1.165, 1.54) is 25.2 Å². The van der Waals surface area contributed by atoms with Gasteiger partial charge in [-0.2, -0.15) is 9.65 Å². The maximum Gasteiger partial charge on any atom is 0.306 e. The zero-order chi connectivity index (χ0) is 24.6. The van der Waals surface area contributed by atoms with E-state index < -0.39 is 22.3 Å². The van der Waals surface area contributed by atoms with Crippen LogP contribution in [0.3, 0.4) is 0 Å². The van der Waals surface area contributed by atoms with Gasteiger partial charge in [0.25, 0.3) is 0 Å². The molecule has 2 aromatic carbocycles. The molecule has 34 heavy (non-hydrogen) atoms. The highest BCUT2D eigenvalue weighted by atomic mass is 19.1. The summed E-state index contributed by atoms with van der Waals surface area (Å²) in [4.78, 5) is 25.2. The number of methoxy groups -OCH3 is 2. The molecule has 1 unspecified atom stereocenters. The van der Waals surface area contributed by atoms with Crippen LogP contribution in [0.2, 0.25) is 0 Å². The molecule has 0 radical (unpaired) electrons. The lowest BCUT2D eigenvalue weighted by Gasteiger charge is -2.39. The summed E-state index contributed by atoms with van der Waals surface area (Å²) in [5.41, 5.74) is 7.42. The fraction of sp³-hybridized carbons (Fsp3) is 0.250. The first kappa shape index (κ1) is 22.8. The van der Waals surface area contributed by atoms with E-state index in [2.05, 4.69) is 6.07 Å². The van der Waals surface area contributed by atoms with Gasteiger partial charge in [0, 0.05) is 29.3 Å². The van der Waals surface area contributed by atoms with Crippen molar-refractivity contribution in [2.45, 2.75) is 25.2 Å². The first-order valence-corrected chi connectivity index (χ1v) is 10.4. The maximum atomic E-state index is 14.0. The van der Waals surface area contributed by atoms with E-state index in [9.17, 15) is 24.6 Å². The van der Waals surface area contributed by atoms with E-state index in [0.29, 0.717) is 41.2 Å². The second kappa shape index (κ2) is 8.86. The van der Waals surface area contributed by atoms with Gasteiger partial charge in [-0.15, -0.1) is 0 Å². The van der Waals surface area contributed by atoms with Crippen LogP contribution < -0.4 is 20.1 Å². The van der Waals surface area contributed by atoms with Crippen LogP contribution in [0.1, 0.15) is 30.7 Å². The normalized spacial score (nSPS) is 17.9. The molecule has 0 spiro atoms. The van der Waals surface area contributed by atoms with Gasteiger partial charge in [-0.3, -0.25) is 19.8 Å². The number of Topliss-reactive ketones (excluding diaryl/α,β-unsaturated/α-hetero) is 1. The number of carbonyl (C=O) groups is 1. The summed E-state index contributed by atoms with van der Waals surface area (Å²) in [6, 6.07) is 10.5. The van der Waals surface area contributed by atoms with Gasteiger partial charge in [-0.25, -0.2) is 0 Å². The summed E-state index contributed by atoms with van der Waals surface area (Å²) in [5.74, 6) is -1.02. The van der Waals surface area contributed by atoms with Crippen LogP contribution in [-0.2, 0) is 4.79 Å². The topological polar surface area (TPSA) is 132 Å². The Kier molecular flexibility index (Phi) is 5.94. The van der Waals surface area contributed by atoms with Crippen molar-refractivity contribution < 1.29 is 23.6 Å². The molecule has 1 heterocycles. The Morgan fingerprint density at radius 3 is 2.62 bits per heavy atom. The lowest BCUT2D eigenvalue weighted by Crippen LogP contribution is -2.38. The smallest absolute Gasteiger partial charge is 0.306 e. The van der Waals surface area contributed by atoms with Gasteiger partial charge in [-0.1, -0.05) is 0 Å². The van der Waals surface area contributed by atoms with Gasteiger partial charge < -0.3 is 15.2 Å². The third kappa shape index (κ3) is 3.61. The number of nitrogens with zero attached hydrogens (tertiary/aromatic N) is 3. The van der Waals surface area contributed by atoms with Gasteiger partial charge in [-0.05, 0) is 43.2 Å². The Labute approximate surface area is 194 Å². The first-order valence-electron chi connectivity index (χ1n) is 10.4. The minimum atomic E-state index is -0.998. The van der Waals surface area contributed by atoms with Crippen molar-refractivity contribution in [1.82, 2.24) is 0 Å². The van der Waals surface area contributed by atoms with Gasteiger partial charge in [0.2, 0.25) is 5.82 Å². The van der Waals surface area contributed by atoms with Crippen LogP contribution >= 0.6 is 0 Å². The number of ether oxygens (including phenoxy) is 2. The van der Waals surface area contributed by atoms with Crippen molar-refractivity contribution in [2.75, 3.05) is 19.1 Å². The van der Waals surface area contributed by atoms with Crippen molar-refractivity contribution in [3.8, 4) is 17.6 Å². The lowest BCUT2D eigenvalue weighted by atomic mass is 9.75. The van der Waals surface area contributed by atoms with Crippen LogP contribution in [0.5, 0.6) is 11.5 Å². The number of benzene rings is 2. The van der Waals surface area contributed by atoms with Gasteiger partial charge in [0.1, 0.15) is 17.3 Å². The molecule has 4 rings (SSSR count). The molecule has 9 nitrogen and oxygen atoms in total. The molecule has 1 atom stereocenters. The second-order valence-corrected chi connectivity index (χ2v) is 7.82. The number of nitriles is 1. The van der Waals surface area contributed by atoms with E-state index in [1.807, 2.05) is 0 Å². The highest BCUT2D eigenvalue weighted by Crippen LogP contribution is 2.49. The number of nitrogens with two attached hydrogens (primary N) is 1. The molecule has 10 heteroatoms.